The van der Waals surface area contributed by atoms with Crippen LogP contribution in [0.4, 0.5) is 23.0 Å². The number of benzene rings is 2. The maximum Gasteiger partial charge on any atom is 1.00 e. The van der Waals surface area contributed by atoms with E-state index >= 15 is 0 Å². The number of hydrogen-bond donors (Lipinski definition) is 2. The van der Waals surface area contributed by atoms with E-state index in [2.05, 4.69) is 40.8 Å². The van der Waals surface area contributed by atoms with E-state index < -0.39 is 11.9 Å². The summed E-state index contributed by atoms with van der Waals surface area (Å²) in [5, 5.41) is 26.1. The number of carbonyl (C=O) groups excluding carboxylic acids is 2. The van der Waals surface area contributed by atoms with Gasteiger partial charge in [0.05, 0.1) is 58.5 Å². The number of nitrogens with zero attached hydrogens (tertiary/aromatic N) is 8. The van der Waals surface area contributed by atoms with Crippen molar-refractivity contribution < 1.29 is 89.8 Å². The van der Waals surface area contributed by atoms with Gasteiger partial charge in [-0.15, -0.1) is 0 Å². The number of methoxy groups -OCH3 is 5. The van der Waals surface area contributed by atoms with Crippen molar-refractivity contribution in [2.24, 2.45) is 0 Å². The van der Waals surface area contributed by atoms with Gasteiger partial charge in [-0.2, -0.15) is 20.2 Å². The van der Waals surface area contributed by atoms with Gasteiger partial charge in [-0.25, -0.2) is 23.8 Å². The van der Waals surface area contributed by atoms with Crippen molar-refractivity contribution in [1.29, 1.82) is 0 Å². The average Bonchev–Trinajstić information content (AvgIpc) is 3.97. The molecule has 18 nitrogen and oxygen atoms in total. The minimum atomic E-state index is -1.23. The van der Waals surface area contributed by atoms with Crippen molar-refractivity contribution in [3.05, 3.63) is 121 Å². The van der Waals surface area contributed by atoms with Crippen molar-refractivity contribution in [1.82, 2.24) is 39.2 Å². The second-order valence-corrected chi connectivity index (χ2v) is 12.3. The van der Waals surface area contributed by atoms with Gasteiger partial charge in [-0.1, -0.05) is 30.3 Å². The maximum absolute atomic E-state index is 11.9. The molecule has 0 aliphatic heterocycles. The molecule has 0 spiro atoms. The molecule has 2 N–H and O–H groups in total. The first-order valence-electron chi connectivity index (χ1n) is 17.6. The number of fused-ring (bicyclic) bond motifs is 2. The van der Waals surface area contributed by atoms with Crippen LogP contribution in [-0.2, 0) is 4.74 Å². The molecule has 0 fully saturated rings. The number of esters is 1. The largest absolute Gasteiger partial charge is 1.00 e. The fraction of sp³-hybridized carbons (Fsp3) is 0.122. The van der Waals surface area contributed by atoms with Crippen LogP contribution < -0.4 is 86.1 Å². The van der Waals surface area contributed by atoms with Crippen LogP contribution >= 0.6 is 0 Å². The van der Waals surface area contributed by atoms with Crippen LogP contribution in [0.1, 0.15) is 20.7 Å². The number of rotatable bonds is 12. The first kappa shape index (κ1) is 42.9. The molecule has 0 aliphatic rings. The van der Waals surface area contributed by atoms with Crippen LogP contribution in [0.15, 0.2) is 110 Å². The predicted molar refractivity (Wildman–Crippen MR) is 214 cm³/mol. The Morgan fingerprint density at radius 1 is 0.583 bits per heavy atom. The molecule has 8 aromatic rings. The van der Waals surface area contributed by atoms with Crippen LogP contribution in [0.5, 0.6) is 23.3 Å². The minimum Gasteiger partial charge on any atom is -0.545 e. The van der Waals surface area contributed by atoms with Gasteiger partial charge in [0, 0.05) is 23.5 Å². The number of carbonyl (C=O) groups is 2. The number of aromatic nitrogens is 8. The van der Waals surface area contributed by atoms with Crippen LogP contribution in [0.2, 0.25) is 0 Å². The van der Waals surface area contributed by atoms with Gasteiger partial charge < -0.3 is 44.2 Å². The molecule has 298 valence electrons. The van der Waals surface area contributed by atoms with E-state index in [9.17, 15) is 14.7 Å². The van der Waals surface area contributed by atoms with Crippen LogP contribution in [0, 0.1) is 0 Å². The Balaban J connectivity index is 0.000000198. The Labute approximate surface area is 384 Å². The molecule has 0 atom stereocenters. The number of carboxylic acids is 1. The third-order valence-electron chi connectivity index (χ3n) is 8.80. The van der Waals surface area contributed by atoms with Crippen molar-refractivity contribution in [2.75, 3.05) is 46.2 Å². The SMILES string of the molecule is COC(=O)c1cccc(-c2cc(Nc3ccc(OC)c(OC)n3)c3ncnn3c2)c1.COc1ccc(Nc2cc(-c3cccc(C(=O)[O-])c3)cn3ncnc23)nc1OC.[K+]. The summed E-state index contributed by atoms with van der Waals surface area (Å²) in [5.41, 5.74) is 6.21. The molecule has 0 aliphatic carbocycles. The van der Waals surface area contributed by atoms with Gasteiger partial charge in [-0.05, 0) is 71.3 Å². The van der Waals surface area contributed by atoms with Crippen molar-refractivity contribution >= 4 is 46.2 Å². The molecule has 2 aromatic carbocycles. The first-order valence-corrected chi connectivity index (χ1v) is 17.6. The summed E-state index contributed by atoms with van der Waals surface area (Å²) in [6.07, 6.45) is 6.51. The molecule has 6 heterocycles. The minimum absolute atomic E-state index is 0. The van der Waals surface area contributed by atoms with Crippen molar-refractivity contribution in [3.63, 3.8) is 0 Å². The monoisotopic (exact) mass is 834 g/mol. The Bertz CT molecular complexity index is 2810. The predicted octanol–water partition coefficient (Wildman–Crippen LogP) is 2.26. The van der Waals surface area contributed by atoms with Crippen LogP contribution in [0.25, 0.3) is 33.5 Å². The van der Waals surface area contributed by atoms with Gasteiger partial charge in [0.2, 0.25) is 0 Å². The molecule has 0 radical (unpaired) electrons. The molecule has 0 amide bonds. The van der Waals surface area contributed by atoms with Gasteiger partial charge in [0.15, 0.2) is 22.8 Å². The number of hydrogen-bond acceptors (Lipinski definition) is 16. The van der Waals surface area contributed by atoms with E-state index in [1.807, 2.05) is 30.5 Å². The van der Waals surface area contributed by atoms with E-state index in [-0.39, 0.29) is 56.9 Å². The number of aromatic carboxylic acids is 1. The third kappa shape index (κ3) is 9.46. The van der Waals surface area contributed by atoms with E-state index in [0.717, 1.165) is 16.7 Å². The zero-order valence-electron chi connectivity index (χ0n) is 33.2. The van der Waals surface area contributed by atoms with E-state index in [1.54, 1.807) is 76.9 Å². The summed E-state index contributed by atoms with van der Waals surface area (Å²) < 4.78 is 29.0. The second-order valence-electron chi connectivity index (χ2n) is 12.3. The molecule has 8 rings (SSSR count). The third-order valence-corrected chi connectivity index (χ3v) is 8.80. The summed E-state index contributed by atoms with van der Waals surface area (Å²) in [7, 11) is 7.49. The zero-order valence-corrected chi connectivity index (χ0v) is 36.4. The Hall–Kier alpha value is -6.64. The summed E-state index contributed by atoms with van der Waals surface area (Å²) in [6.45, 7) is 0. The Kier molecular flexibility index (Phi) is 13.9. The molecule has 60 heavy (non-hydrogen) atoms. The van der Waals surface area contributed by atoms with Crippen LogP contribution in [0.3, 0.4) is 0 Å². The quantitative estimate of drug-likeness (QED) is 0.133. The number of pyridine rings is 4. The van der Waals surface area contributed by atoms with Gasteiger partial charge in [0.25, 0.3) is 11.8 Å². The van der Waals surface area contributed by atoms with E-state index in [1.165, 1.54) is 47.2 Å². The number of carboxylic acid groups (broad SMARTS) is 1. The van der Waals surface area contributed by atoms with Crippen molar-refractivity contribution in [3.8, 4) is 45.5 Å². The van der Waals surface area contributed by atoms with Gasteiger partial charge >= 0.3 is 57.4 Å². The molecule has 0 unspecified atom stereocenters. The van der Waals surface area contributed by atoms with Gasteiger partial charge in [-0.3, -0.25) is 0 Å². The number of nitrogens with one attached hydrogen (secondary N) is 2. The number of ether oxygens (including phenoxy) is 5. The smallest absolute Gasteiger partial charge is 0.545 e. The Morgan fingerprint density at radius 3 is 1.48 bits per heavy atom. The first-order chi connectivity index (χ1) is 28.7. The van der Waals surface area contributed by atoms with E-state index in [0.29, 0.717) is 68.7 Å². The fourth-order valence-electron chi connectivity index (χ4n) is 6.00. The molecular formula is C41H35KN10O8. The zero-order chi connectivity index (χ0) is 41.5. The normalized spacial score (nSPS) is 10.5. The van der Waals surface area contributed by atoms with Crippen LogP contribution in [-0.4, -0.2) is 86.7 Å². The van der Waals surface area contributed by atoms with Crippen molar-refractivity contribution in [2.45, 2.75) is 0 Å². The molecule has 0 saturated heterocycles. The Morgan fingerprint density at radius 2 is 1.05 bits per heavy atom. The molecule has 6 aromatic heterocycles. The summed E-state index contributed by atoms with van der Waals surface area (Å²) >= 11 is 0. The van der Waals surface area contributed by atoms with Gasteiger partial charge in [0.1, 0.15) is 24.3 Å². The fourth-order valence-corrected chi connectivity index (χ4v) is 6.00. The maximum atomic E-state index is 11.9. The molecule has 19 heteroatoms. The topological polar surface area (TPSA) is 214 Å². The summed E-state index contributed by atoms with van der Waals surface area (Å²) in [4.78, 5) is 40.5. The average molecular weight is 835 g/mol. The standard InChI is InChI=1S/C21H19N5O4.C20H17N5O4.K/c1-28-17-7-8-18(25-20(17)29-2)24-16-10-15(11-26-19(16)22-12-23-26)13-5-4-6-14(9-13)21(27)30-3;1-28-16-6-7-17(24-19(16)29-2)23-15-9-14(10-25-18(15)21-11-22-25)12-4-3-5-13(8-12)20(26)27;/h4-12H,1-3H3,(H,24,25);3-11H,1-2H3,(H,23,24)(H,26,27);/q;;+1/p-1. The second kappa shape index (κ2) is 19.4. The molecule has 0 saturated carbocycles. The number of anilines is 4. The summed E-state index contributed by atoms with van der Waals surface area (Å²) in [6, 6.07) is 24.5. The molecular weight excluding hydrogens is 800 g/mol. The summed E-state index contributed by atoms with van der Waals surface area (Å²) in [5.74, 6) is 1.19. The molecule has 0 bridgehead atoms. The van der Waals surface area contributed by atoms with E-state index in [4.69, 9.17) is 23.7 Å².